The molecule has 0 aromatic heterocycles. The standard InChI is InChI=1S/C11H24N4O/c1-10(12)9-11(16)13-3-4-15-7-5-14(2)6-8-15/h10H,3-9,12H2,1-2H3,(H,13,16). The lowest BCUT2D eigenvalue weighted by Gasteiger charge is -2.32. The number of piperazine rings is 1. The van der Waals surface area contributed by atoms with Crippen molar-refractivity contribution in [3.63, 3.8) is 0 Å². The van der Waals surface area contributed by atoms with E-state index in [1.807, 2.05) is 6.92 Å². The van der Waals surface area contributed by atoms with E-state index in [0.29, 0.717) is 6.42 Å². The molecule has 1 fully saturated rings. The lowest BCUT2D eigenvalue weighted by molar-refractivity contribution is -0.121. The summed E-state index contributed by atoms with van der Waals surface area (Å²) >= 11 is 0. The molecular weight excluding hydrogens is 204 g/mol. The van der Waals surface area contributed by atoms with Crippen LogP contribution in [0.1, 0.15) is 13.3 Å². The fourth-order valence-corrected chi connectivity index (χ4v) is 1.79. The highest BCUT2D eigenvalue weighted by Crippen LogP contribution is 1.97. The van der Waals surface area contributed by atoms with E-state index in [2.05, 4.69) is 22.2 Å². The number of carbonyl (C=O) groups is 1. The lowest BCUT2D eigenvalue weighted by atomic mass is 10.2. The monoisotopic (exact) mass is 228 g/mol. The number of carbonyl (C=O) groups excluding carboxylic acids is 1. The van der Waals surface area contributed by atoms with Gasteiger partial charge in [0, 0.05) is 51.7 Å². The number of nitrogens with zero attached hydrogens (tertiary/aromatic N) is 2. The Kier molecular flexibility index (Phi) is 5.73. The van der Waals surface area contributed by atoms with Gasteiger partial charge >= 0.3 is 0 Å². The minimum absolute atomic E-state index is 0.0522. The highest BCUT2D eigenvalue weighted by molar-refractivity contribution is 5.76. The molecule has 0 radical (unpaired) electrons. The van der Waals surface area contributed by atoms with E-state index in [-0.39, 0.29) is 11.9 Å². The van der Waals surface area contributed by atoms with E-state index < -0.39 is 0 Å². The molecule has 0 aromatic rings. The van der Waals surface area contributed by atoms with E-state index in [9.17, 15) is 4.79 Å². The average Bonchev–Trinajstić information content (AvgIpc) is 2.20. The second-order valence-corrected chi connectivity index (χ2v) is 4.68. The first kappa shape index (κ1) is 13.4. The van der Waals surface area contributed by atoms with E-state index in [4.69, 9.17) is 5.73 Å². The van der Waals surface area contributed by atoms with Crippen LogP contribution in [0.4, 0.5) is 0 Å². The molecule has 1 amide bonds. The zero-order chi connectivity index (χ0) is 12.0. The fraction of sp³-hybridized carbons (Fsp3) is 0.909. The first-order valence-electron chi connectivity index (χ1n) is 6.01. The van der Waals surface area contributed by atoms with Crippen LogP contribution in [0.2, 0.25) is 0 Å². The Morgan fingerprint density at radius 2 is 2.00 bits per heavy atom. The molecule has 5 heteroatoms. The Labute approximate surface area is 98.0 Å². The van der Waals surface area contributed by atoms with Gasteiger partial charge in [-0.1, -0.05) is 0 Å². The van der Waals surface area contributed by atoms with Gasteiger partial charge in [0.05, 0.1) is 0 Å². The van der Waals surface area contributed by atoms with Crippen LogP contribution >= 0.6 is 0 Å². The predicted octanol–water partition coefficient (Wildman–Crippen LogP) is -0.913. The van der Waals surface area contributed by atoms with Gasteiger partial charge in [0.25, 0.3) is 0 Å². The normalized spacial score (nSPS) is 20.7. The number of likely N-dealkylation sites (N-methyl/N-ethyl adjacent to an activating group) is 1. The van der Waals surface area contributed by atoms with Gasteiger partial charge in [-0.15, -0.1) is 0 Å². The Hall–Kier alpha value is -0.650. The van der Waals surface area contributed by atoms with Gasteiger partial charge in [0.2, 0.25) is 5.91 Å². The Morgan fingerprint density at radius 3 is 2.56 bits per heavy atom. The molecule has 94 valence electrons. The number of nitrogens with one attached hydrogen (secondary N) is 1. The van der Waals surface area contributed by atoms with Gasteiger partial charge < -0.3 is 16.0 Å². The van der Waals surface area contributed by atoms with Crippen LogP contribution in [0.3, 0.4) is 0 Å². The third kappa shape index (κ3) is 5.44. The van der Waals surface area contributed by atoms with Gasteiger partial charge in [-0.05, 0) is 14.0 Å². The minimum Gasteiger partial charge on any atom is -0.355 e. The molecular formula is C11H24N4O. The highest BCUT2D eigenvalue weighted by Gasteiger charge is 2.13. The SMILES string of the molecule is CC(N)CC(=O)NCCN1CCN(C)CC1. The second kappa shape index (κ2) is 6.83. The van der Waals surface area contributed by atoms with Crippen LogP contribution in [0.25, 0.3) is 0 Å². The van der Waals surface area contributed by atoms with E-state index in [0.717, 1.165) is 39.3 Å². The molecule has 5 nitrogen and oxygen atoms in total. The summed E-state index contributed by atoms with van der Waals surface area (Å²) in [5.41, 5.74) is 5.55. The summed E-state index contributed by atoms with van der Waals surface area (Å²) in [6.07, 6.45) is 0.419. The second-order valence-electron chi connectivity index (χ2n) is 4.68. The average molecular weight is 228 g/mol. The predicted molar refractivity (Wildman–Crippen MR) is 65.2 cm³/mol. The molecule has 1 aliphatic rings. The van der Waals surface area contributed by atoms with Crippen molar-refractivity contribution in [3.05, 3.63) is 0 Å². The molecule has 0 aliphatic carbocycles. The lowest BCUT2D eigenvalue weighted by Crippen LogP contribution is -2.47. The van der Waals surface area contributed by atoms with Crippen molar-refractivity contribution in [2.45, 2.75) is 19.4 Å². The largest absolute Gasteiger partial charge is 0.355 e. The fourth-order valence-electron chi connectivity index (χ4n) is 1.79. The Balaban J connectivity index is 2.04. The smallest absolute Gasteiger partial charge is 0.221 e. The first-order chi connectivity index (χ1) is 7.58. The van der Waals surface area contributed by atoms with E-state index in [1.165, 1.54) is 0 Å². The van der Waals surface area contributed by atoms with Crippen LogP contribution in [0.15, 0.2) is 0 Å². The zero-order valence-electron chi connectivity index (χ0n) is 10.4. The Bertz CT molecular complexity index is 212. The topological polar surface area (TPSA) is 61.6 Å². The summed E-state index contributed by atoms with van der Waals surface area (Å²) in [5, 5.41) is 2.90. The summed E-state index contributed by atoms with van der Waals surface area (Å²) in [4.78, 5) is 16.0. The van der Waals surface area contributed by atoms with Crippen LogP contribution in [-0.4, -0.2) is 68.1 Å². The van der Waals surface area contributed by atoms with Gasteiger partial charge in [-0.2, -0.15) is 0 Å². The van der Waals surface area contributed by atoms with Crippen LogP contribution in [0.5, 0.6) is 0 Å². The molecule has 0 aromatic carbocycles. The molecule has 0 spiro atoms. The quantitative estimate of drug-likeness (QED) is 0.639. The number of hydrogen-bond donors (Lipinski definition) is 2. The number of hydrogen-bond acceptors (Lipinski definition) is 4. The first-order valence-corrected chi connectivity index (χ1v) is 6.01. The molecule has 0 bridgehead atoms. The molecule has 0 saturated carbocycles. The van der Waals surface area contributed by atoms with E-state index in [1.54, 1.807) is 0 Å². The summed E-state index contributed by atoms with van der Waals surface area (Å²) < 4.78 is 0. The van der Waals surface area contributed by atoms with Crippen molar-refractivity contribution < 1.29 is 4.79 Å². The molecule has 1 heterocycles. The van der Waals surface area contributed by atoms with Gasteiger partial charge in [0.15, 0.2) is 0 Å². The van der Waals surface area contributed by atoms with Crippen molar-refractivity contribution >= 4 is 5.91 Å². The van der Waals surface area contributed by atoms with Crippen molar-refractivity contribution in [2.75, 3.05) is 46.3 Å². The molecule has 1 atom stereocenters. The van der Waals surface area contributed by atoms with Crippen LogP contribution in [0, 0.1) is 0 Å². The van der Waals surface area contributed by atoms with E-state index >= 15 is 0 Å². The number of nitrogens with two attached hydrogens (primary N) is 1. The van der Waals surface area contributed by atoms with Crippen molar-refractivity contribution in [2.24, 2.45) is 5.73 Å². The third-order valence-electron chi connectivity index (χ3n) is 2.85. The van der Waals surface area contributed by atoms with Crippen LogP contribution < -0.4 is 11.1 Å². The van der Waals surface area contributed by atoms with Crippen molar-refractivity contribution in [1.29, 1.82) is 0 Å². The van der Waals surface area contributed by atoms with Gasteiger partial charge in [-0.3, -0.25) is 9.69 Å². The third-order valence-corrected chi connectivity index (χ3v) is 2.85. The molecule has 3 N–H and O–H groups in total. The summed E-state index contributed by atoms with van der Waals surface area (Å²) in [5.74, 6) is 0.0594. The van der Waals surface area contributed by atoms with Gasteiger partial charge in [-0.25, -0.2) is 0 Å². The summed E-state index contributed by atoms with van der Waals surface area (Å²) in [6.45, 7) is 7.95. The van der Waals surface area contributed by atoms with Crippen molar-refractivity contribution in [3.8, 4) is 0 Å². The maximum absolute atomic E-state index is 11.3. The molecule has 1 saturated heterocycles. The Morgan fingerprint density at radius 1 is 1.38 bits per heavy atom. The van der Waals surface area contributed by atoms with Crippen molar-refractivity contribution in [1.82, 2.24) is 15.1 Å². The molecule has 1 aliphatic heterocycles. The molecule has 16 heavy (non-hydrogen) atoms. The van der Waals surface area contributed by atoms with Gasteiger partial charge in [0.1, 0.15) is 0 Å². The molecule has 1 unspecified atom stereocenters. The maximum atomic E-state index is 11.3. The number of rotatable bonds is 5. The zero-order valence-corrected chi connectivity index (χ0v) is 10.4. The molecule has 1 rings (SSSR count). The summed E-state index contributed by atoms with van der Waals surface area (Å²) in [7, 11) is 2.14. The summed E-state index contributed by atoms with van der Waals surface area (Å²) in [6, 6.07) is -0.0522. The minimum atomic E-state index is -0.0522. The van der Waals surface area contributed by atoms with Crippen LogP contribution in [-0.2, 0) is 4.79 Å². The highest BCUT2D eigenvalue weighted by atomic mass is 16.1. The maximum Gasteiger partial charge on any atom is 0.221 e. The number of amides is 1.